The van der Waals surface area contributed by atoms with Crippen molar-refractivity contribution in [3.05, 3.63) is 47.8 Å². The number of amides is 2. The van der Waals surface area contributed by atoms with Gasteiger partial charge in [0.2, 0.25) is 0 Å². The average molecular weight is 463 g/mol. The van der Waals surface area contributed by atoms with Crippen LogP contribution in [0.4, 0.5) is 4.79 Å². The number of esters is 1. The lowest BCUT2D eigenvalue weighted by Gasteiger charge is -2.34. The van der Waals surface area contributed by atoms with E-state index in [1.54, 1.807) is 0 Å². The van der Waals surface area contributed by atoms with Gasteiger partial charge in [-0.3, -0.25) is 4.79 Å². The van der Waals surface area contributed by atoms with E-state index in [0.29, 0.717) is 31.4 Å². The van der Waals surface area contributed by atoms with Crippen molar-refractivity contribution in [3.63, 3.8) is 0 Å². The number of carbonyl (C=O) groups excluding carboxylic acids is 2. The van der Waals surface area contributed by atoms with Gasteiger partial charge in [-0.25, -0.2) is 9.78 Å². The first-order valence-corrected chi connectivity index (χ1v) is 11.9. The average Bonchev–Trinajstić information content (AvgIpc) is 3.12. The first-order valence-electron chi connectivity index (χ1n) is 11.9. The molecule has 1 N–H and O–H groups in total. The van der Waals surface area contributed by atoms with Crippen LogP contribution in [-0.2, 0) is 22.5 Å². The number of benzene rings is 2. The number of ether oxygens (including phenoxy) is 2. The molecule has 3 heterocycles. The molecule has 0 spiro atoms. The lowest BCUT2D eigenvalue weighted by atomic mass is 9.99. The number of urea groups is 1. The monoisotopic (exact) mass is 462 g/mol. The molecule has 0 saturated carbocycles. The zero-order valence-electron chi connectivity index (χ0n) is 19.7. The van der Waals surface area contributed by atoms with Crippen LogP contribution >= 0.6 is 0 Å². The van der Waals surface area contributed by atoms with E-state index in [0.717, 1.165) is 59.4 Å². The molecule has 3 aromatic rings. The van der Waals surface area contributed by atoms with Gasteiger partial charge in [0.05, 0.1) is 31.2 Å². The number of nitrogens with zero attached hydrogens (tertiary/aromatic N) is 3. The van der Waals surface area contributed by atoms with Crippen molar-refractivity contribution >= 4 is 23.0 Å². The third-order valence-corrected chi connectivity index (χ3v) is 6.77. The lowest BCUT2D eigenvalue weighted by Crippen LogP contribution is -2.46. The second-order valence-electron chi connectivity index (χ2n) is 9.21. The molecule has 0 atom stereocenters. The van der Waals surface area contributed by atoms with Crippen LogP contribution in [0, 0.1) is 5.92 Å². The van der Waals surface area contributed by atoms with Gasteiger partial charge in [0.25, 0.3) is 0 Å². The number of imidazole rings is 1. The van der Waals surface area contributed by atoms with E-state index in [4.69, 9.17) is 9.47 Å². The summed E-state index contributed by atoms with van der Waals surface area (Å²) in [6.45, 7) is 5.51. The number of hydrogen-bond donors (Lipinski definition) is 1. The zero-order valence-corrected chi connectivity index (χ0v) is 19.7. The summed E-state index contributed by atoms with van der Waals surface area (Å²) in [5.41, 5.74) is 4.72. The number of H-pyrrole nitrogens is 1. The first kappa shape index (κ1) is 22.3. The molecule has 2 amide bonds. The fourth-order valence-electron chi connectivity index (χ4n) is 4.67. The van der Waals surface area contributed by atoms with E-state index in [1.165, 1.54) is 7.11 Å². The standard InChI is InChI=1S/C26H30N4O4/c1-17-7-9-29(10-8-17)26(32)30-11-12-34-23-6-4-18(13-20(23)16-30)19-3-5-21-22(14-19)28-24(27-21)15-25(31)33-2/h3-6,13-14,17H,7-12,15-16H2,1-2H3,(H,27,28). The number of methoxy groups -OCH3 is 1. The summed E-state index contributed by atoms with van der Waals surface area (Å²) in [7, 11) is 1.37. The van der Waals surface area contributed by atoms with E-state index in [-0.39, 0.29) is 18.4 Å². The maximum atomic E-state index is 13.2. The molecule has 8 nitrogen and oxygen atoms in total. The van der Waals surface area contributed by atoms with Gasteiger partial charge in [-0.15, -0.1) is 0 Å². The van der Waals surface area contributed by atoms with E-state index >= 15 is 0 Å². The van der Waals surface area contributed by atoms with Crippen molar-refractivity contribution < 1.29 is 19.1 Å². The Morgan fingerprint density at radius 1 is 1.09 bits per heavy atom. The van der Waals surface area contributed by atoms with Crippen molar-refractivity contribution in [1.82, 2.24) is 19.8 Å². The normalized spacial score (nSPS) is 16.6. The van der Waals surface area contributed by atoms with Crippen LogP contribution in [0.3, 0.4) is 0 Å². The van der Waals surface area contributed by atoms with Crippen molar-refractivity contribution in [2.75, 3.05) is 33.4 Å². The molecule has 178 valence electrons. The Bertz CT molecular complexity index is 1210. The summed E-state index contributed by atoms with van der Waals surface area (Å²) in [5, 5.41) is 0. The molecule has 2 aliphatic heterocycles. The number of rotatable bonds is 3. The summed E-state index contributed by atoms with van der Waals surface area (Å²) in [6.07, 6.45) is 2.24. The molecule has 8 heteroatoms. The molecular weight excluding hydrogens is 432 g/mol. The second-order valence-corrected chi connectivity index (χ2v) is 9.21. The van der Waals surface area contributed by atoms with Gasteiger partial charge < -0.3 is 24.3 Å². The maximum Gasteiger partial charge on any atom is 0.320 e. The molecule has 0 unspecified atom stereocenters. The Balaban J connectivity index is 1.37. The van der Waals surface area contributed by atoms with Crippen LogP contribution in [-0.4, -0.2) is 65.1 Å². The Morgan fingerprint density at radius 2 is 1.85 bits per heavy atom. The number of carbonyl (C=O) groups is 2. The van der Waals surface area contributed by atoms with Crippen LogP contribution in [0.1, 0.15) is 31.2 Å². The molecular formula is C26H30N4O4. The summed E-state index contributed by atoms with van der Waals surface area (Å²) < 4.78 is 10.7. The predicted octanol–water partition coefficient (Wildman–Crippen LogP) is 3.99. The highest BCUT2D eigenvalue weighted by Gasteiger charge is 2.27. The Hall–Kier alpha value is -3.55. The van der Waals surface area contributed by atoms with Gasteiger partial charge in [0, 0.05) is 18.7 Å². The van der Waals surface area contributed by atoms with Crippen LogP contribution in [0.15, 0.2) is 36.4 Å². The van der Waals surface area contributed by atoms with Crippen LogP contribution in [0.5, 0.6) is 5.75 Å². The Labute approximate surface area is 198 Å². The molecule has 5 rings (SSSR count). The third-order valence-electron chi connectivity index (χ3n) is 6.77. The van der Waals surface area contributed by atoms with E-state index in [1.807, 2.05) is 40.1 Å². The summed E-state index contributed by atoms with van der Waals surface area (Å²) in [5.74, 6) is 1.76. The van der Waals surface area contributed by atoms with Gasteiger partial charge in [-0.2, -0.15) is 0 Å². The summed E-state index contributed by atoms with van der Waals surface area (Å²) in [6, 6.07) is 12.2. The van der Waals surface area contributed by atoms with Gasteiger partial charge in [0.1, 0.15) is 24.6 Å². The van der Waals surface area contributed by atoms with Crippen LogP contribution in [0.2, 0.25) is 0 Å². The Kier molecular flexibility index (Phi) is 6.13. The first-order chi connectivity index (χ1) is 16.5. The van der Waals surface area contributed by atoms with Crippen LogP contribution in [0.25, 0.3) is 22.2 Å². The van der Waals surface area contributed by atoms with Crippen molar-refractivity contribution in [3.8, 4) is 16.9 Å². The van der Waals surface area contributed by atoms with Gasteiger partial charge in [0.15, 0.2) is 0 Å². The van der Waals surface area contributed by atoms with Gasteiger partial charge in [-0.1, -0.05) is 19.1 Å². The number of nitrogens with one attached hydrogen (secondary N) is 1. The van der Waals surface area contributed by atoms with Gasteiger partial charge in [-0.05, 0) is 54.2 Å². The number of likely N-dealkylation sites (tertiary alicyclic amines) is 1. The number of hydrogen-bond acceptors (Lipinski definition) is 5. The quantitative estimate of drug-likeness (QED) is 0.595. The minimum absolute atomic E-state index is 0.103. The zero-order chi connectivity index (χ0) is 23.7. The van der Waals surface area contributed by atoms with E-state index in [2.05, 4.69) is 23.0 Å². The van der Waals surface area contributed by atoms with Crippen molar-refractivity contribution in [2.24, 2.45) is 5.92 Å². The highest BCUT2D eigenvalue weighted by Crippen LogP contribution is 2.31. The minimum Gasteiger partial charge on any atom is -0.491 e. The minimum atomic E-state index is -0.330. The fraction of sp³-hybridized carbons (Fsp3) is 0.423. The maximum absolute atomic E-state index is 13.2. The molecule has 2 aliphatic rings. The predicted molar refractivity (Wildman–Crippen MR) is 129 cm³/mol. The summed E-state index contributed by atoms with van der Waals surface area (Å²) >= 11 is 0. The molecule has 1 fully saturated rings. The molecule has 1 aromatic heterocycles. The highest BCUT2D eigenvalue weighted by atomic mass is 16.5. The fourth-order valence-corrected chi connectivity index (χ4v) is 4.67. The highest BCUT2D eigenvalue weighted by molar-refractivity contribution is 5.83. The van der Waals surface area contributed by atoms with E-state index < -0.39 is 0 Å². The molecule has 2 aromatic carbocycles. The third kappa shape index (κ3) is 4.58. The number of piperidine rings is 1. The lowest BCUT2D eigenvalue weighted by molar-refractivity contribution is -0.139. The SMILES string of the molecule is COC(=O)Cc1nc2ccc(-c3ccc4c(c3)CN(C(=O)N3CCC(C)CC3)CCO4)cc2[nH]1. The molecule has 0 bridgehead atoms. The topological polar surface area (TPSA) is 87.8 Å². The number of aromatic amines is 1. The second kappa shape index (κ2) is 9.37. The molecule has 34 heavy (non-hydrogen) atoms. The summed E-state index contributed by atoms with van der Waals surface area (Å²) in [4.78, 5) is 36.3. The molecule has 0 radical (unpaired) electrons. The smallest absolute Gasteiger partial charge is 0.320 e. The van der Waals surface area contributed by atoms with Gasteiger partial charge >= 0.3 is 12.0 Å². The van der Waals surface area contributed by atoms with Crippen LogP contribution < -0.4 is 4.74 Å². The van der Waals surface area contributed by atoms with E-state index in [9.17, 15) is 9.59 Å². The Morgan fingerprint density at radius 3 is 2.65 bits per heavy atom. The molecule has 0 aliphatic carbocycles. The largest absolute Gasteiger partial charge is 0.491 e. The number of fused-ring (bicyclic) bond motifs is 2. The van der Waals surface area contributed by atoms with Crippen molar-refractivity contribution in [1.29, 1.82) is 0 Å². The molecule has 1 saturated heterocycles. The van der Waals surface area contributed by atoms with Crippen molar-refractivity contribution in [2.45, 2.75) is 32.7 Å². The number of aromatic nitrogens is 2.